The summed E-state index contributed by atoms with van der Waals surface area (Å²) in [4.78, 5) is 16.0. The van der Waals surface area contributed by atoms with Crippen molar-refractivity contribution in [3.63, 3.8) is 0 Å². The van der Waals surface area contributed by atoms with Gasteiger partial charge in [0.1, 0.15) is 23.8 Å². The van der Waals surface area contributed by atoms with E-state index in [2.05, 4.69) is 11.4 Å². The van der Waals surface area contributed by atoms with E-state index in [-0.39, 0.29) is 18.6 Å². The van der Waals surface area contributed by atoms with Crippen LogP contribution in [0, 0.1) is 11.3 Å². The first-order valence-corrected chi connectivity index (χ1v) is 11.4. The second-order valence-electron chi connectivity index (χ2n) is 7.75. The molecule has 2 aliphatic rings. The second kappa shape index (κ2) is 9.50. The minimum atomic E-state index is -0.125. The Morgan fingerprint density at radius 1 is 1.27 bits per heavy atom. The molecule has 1 aromatic carbocycles. The zero-order chi connectivity index (χ0) is 20.9. The van der Waals surface area contributed by atoms with E-state index in [9.17, 15) is 10.1 Å². The van der Waals surface area contributed by atoms with Crippen molar-refractivity contribution in [2.45, 2.75) is 45.1 Å². The largest absolute Gasteiger partial charge is 0.486 e. The maximum absolute atomic E-state index is 12.7. The van der Waals surface area contributed by atoms with Crippen molar-refractivity contribution >= 4 is 22.2 Å². The van der Waals surface area contributed by atoms with Gasteiger partial charge in [0, 0.05) is 11.4 Å². The van der Waals surface area contributed by atoms with Crippen LogP contribution in [0.25, 0.3) is 0 Å². The van der Waals surface area contributed by atoms with Crippen molar-refractivity contribution in [3.05, 3.63) is 40.3 Å². The quantitative estimate of drug-likeness (QED) is 0.709. The van der Waals surface area contributed by atoms with E-state index in [1.54, 1.807) is 11.3 Å². The standard InChI is InChI=1S/C23H27N3O3S/c1-2-26(13-16-15-28-19-9-6-7-10-20(19)29-16)14-22(27)25-23-18(12-24)17-8-4-3-5-11-21(17)30-23/h6-7,9-10,16H,2-5,8,11,13-15H2,1H3,(H,25,27)/t16-/m0/s1. The minimum absolute atomic E-state index is 0.0955. The maximum Gasteiger partial charge on any atom is 0.239 e. The van der Waals surface area contributed by atoms with Crippen molar-refractivity contribution in [1.29, 1.82) is 5.26 Å². The van der Waals surface area contributed by atoms with Gasteiger partial charge in [-0.2, -0.15) is 5.26 Å². The van der Waals surface area contributed by atoms with Crippen molar-refractivity contribution in [1.82, 2.24) is 4.90 Å². The highest BCUT2D eigenvalue weighted by molar-refractivity contribution is 7.16. The number of nitrogens with one attached hydrogen (secondary N) is 1. The SMILES string of the molecule is CCN(CC(=O)Nc1sc2c(c1C#N)CCCCC2)C[C@H]1COc2ccccc2O1. The number of anilines is 1. The third-order valence-corrected chi connectivity index (χ3v) is 6.84. The van der Waals surface area contributed by atoms with Crippen LogP contribution in [0.15, 0.2) is 24.3 Å². The Hall–Kier alpha value is -2.56. The van der Waals surface area contributed by atoms with Crippen LogP contribution in [-0.2, 0) is 17.6 Å². The number of benzene rings is 1. The Bertz CT molecular complexity index is 950. The molecule has 0 spiro atoms. The predicted octanol–water partition coefficient (Wildman–Crippen LogP) is 3.99. The zero-order valence-corrected chi connectivity index (χ0v) is 18.1. The molecule has 0 fully saturated rings. The zero-order valence-electron chi connectivity index (χ0n) is 17.3. The average Bonchev–Trinajstić information content (AvgIpc) is 2.91. The fraction of sp³-hybridized carbons (Fsp3) is 0.478. The van der Waals surface area contributed by atoms with Crippen LogP contribution in [0.1, 0.15) is 42.2 Å². The van der Waals surface area contributed by atoms with Crippen LogP contribution in [0.2, 0.25) is 0 Å². The number of ether oxygens (including phenoxy) is 2. The summed E-state index contributed by atoms with van der Waals surface area (Å²) in [6.45, 7) is 4.07. The van der Waals surface area contributed by atoms with Gasteiger partial charge in [-0.25, -0.2) is 0 Å². The monoisotopic (exact) mass is 425 g/mol. The van der Waals surface area contributed by atoms with Crippen LogP contribution in [-0.4, -0.2) is 43.2 Å². The van der Waals surface area contributed by atoms with Gasteiger partial charge in [0.25, 0.3) is 0 Å². The molecule has 30 heavy (non-hydrogen) atoms. The Labute approximate surface area is 181 Å². The van der Waals surface area contributed by atoms with Gasteiger partial charge >= 0.3 is 0 Å². The van der Waals surface area contributed by atoms with Gasteiger partial charge < -0.3 is 14.8 Å². The van der Waals surface area contributed by atoms with Crippen LogP contribution < -0.4 is 14.8 Å². The Balaban J connectivity index is 1.37. The van der Waals surface area contributed by atoms with Crippen molar-refractivity contribution < 1.29 is 14.3 Å². The lowest BCUT2D eigenvalue weighted by molar-refractivity contribution is -0.117. The van der Waals surface area contributed by atoms with Gasteiger partial charge in [-0.3, -0.25) is 9.69 Å². The molecule has 7 heteroatoms. The molecule has 0 saturated carbocycles. The molecule has 4 rings (SSSR count). The van der Waals surface area contributed by atoms with Crippen LogP contribution in [0.5, 0.6) is 11.5 Å². The molecular formula is C23H27N3O3S. The van der Waals surface area contributed by atoms with Gasteiger partial charge in [0.05, 0.1) is 12.1 Å². The molecule has 1 N–H and O–H groups in total. The number of thiophene rings is 1. The van der Waals surface area contributed by atoms with Gasteiger partial charge in [-0.05, 0) is 49.9 Å². The van der Waals surface area contributed by atoms with Gasteiger partial charge in [0.15, 0.2) is 11.5 Å². The van der Waals surface area contributed by atoms with E-state index in [1.807, 2.05) is 36.1 Å². The Kier molecular flexibility index (Phi) is 6.56. The molecule has 1 atom stereocenters. The molecule has 1 aliphatic heterocycles. The molecule has 1 amide bonds. The van der Waals surface area contributed by atoms with Crippen LogP contribution in [0.3, 0.4) is 0 Å². The first-order valence-electron chi connectivity index (χ1n) is 10.6. The molecule has 0 bridgehead atoms. The normalized spacial score (nSPS) is 17.7. The number of likely N-dealkylation sites (N-methyl/N-ethyl adjacent to an activating group) is 1. The van der Waals surface area contributed by atoms with E-state index in [0.29, 0.717) is 23.7 Å². The third kappa shape index (κ3) is 4.61. The molecule has 6 nitrogen and oxygen atoms in total. The van der Waals surface area contributed by atoms with E-state index in [1.165, 1.54) is 11.3 Å². The molecule has 0 radical (unpaired) electrons. The molecule has 1 aromatic heterocycles. The number of aryl methyl sites for hydroxylation is 1. The summed E-state index contributed by atoms with van der Waals surface area (Å²) in [6.07, 6.45) is 5.29. The van der Waals surface area contributed by atoms with Crippen molar-refractivity contribution in [2.24, 2.45) is 0 Å². The summed E-state index contributed by atoms with van der Waals surface area (Å²) in [6, 6.07) is 9.96. The number of carbonyl (C=O) groups is 1. The summed E-state index contributed by atoms with van der Waals surface area (Å²) in [5, 5.41) is 13.4. The van der Waals surface area contributed by atoms with Crippen molar-refractivity contribution in [2.75, 3.05) is 31.6 Å². The lowest BCUT2D eigenvalue weighted by Crippen LogP contribution is -2.43. The molecule has 158 valence electrons. The highest BCUT2D eigenvalue weighted by Gasteiger charge is 2.25. The van der Waals surface area contributed by atoms with Crippen LogP contribution >= 0.6 is 11.3 Å². The van der Waals surface area contributed by atoms with E-state index in [0.717, 1.165) is 49.3 Å². The first kappa shape index (κ1) is 20.7. The minimum Gasteiger partial charge on any atom is -0.486 e. The fourth-order valence-corrected chi connectivity index (χ4v) is 5.32. The Morgan fingerprint density at radius 3 is 2.87 bits per heavy atom. The highest BCUT2D eigenvalue weighted by Crippen LogP contribution is 2.37. The summed E-state index contributed by atoms with van der Waals surface area (Å²) < 4.78 is 11.8. The number of hydrogen-bond acceptors (Lipinski definition) is 6. The summed E-state index contributed by atoms with van der Waals surface area (Å²) in [5.41, 5.74) is 1.81. The predicted molar refractivity (Wildman–Crippen MR) is 117 cm³/mol. The maximum atomic E-state index is 12.7. The van der Waals surface area contributed by atoms with Crippen molar-refractivity contribution in [3.8, 4) is 17.6 Å². The molecule has 0 saturated heterocycles. The summed E-state index contributed by atoms with van der Waals surface area (Å²) in [7, 11) is 0. The van der Waals surface area contributed by atoms with E-state index in [4.69, 9.17) is 9.47 Å². The van der Waals surface area contributed by atoms with E-state index >= 15 is 0 Å². The lowest BCUT2D eigenvalue weighted by Gasteiger charge is -2.30. The number of nitrogens with zero attached hydrogens (tertiary/aromatic N) is 2. The van der Waals surface area contributed by atoms with Gasteiger partial charge in [-0.1, -0.05) is 25.5 Å². The average molecular weight is 426 g/mol. The molecule has 1 aliphatic carbocycles. The third-order valence-electron chi connectivity index (χ3n) is 5.63. The molecular weight excluding hydrogens is 398 g/mol. The molecule has 0 unspecified atom stereocenters. The number of rotatable bonds is 6. The topological polar surface area (TPSA) is 74.6 Å². The summed E-state index contributed by atoms with van der Waals surface area (Å²) >= 11 is 1.57. The number of hydrogen-bond donors (Lipinski definition) is 1. The second-order valence-corrected chi connectivity index (χ2v) is 8.86. The van der Waals surface area contributed by atoms with Crippen LogP contribution in [0.4, 0.5) is 5.00 Å². The molecule has 2 heterocycles. The first-order chi connectivity index (χ1) is 14.7. The number of amides is 1. The number of carbonyl (C=O) groups excluding carboxylic acids is 1. The highest BCUT2D eigenvalue weighted by atomic mass is 32.1. The Morgan fingerprint density at radius 2 is 2.07 bits per heavy atom. The van der Waals surface area contributed by atoms with Gasteiger partial charge in [0.2, 0.25) is 5.91 Å². The number of para-hydroxylation sites is 2. The lowest BCUT2D eigenvalue weighted by atomic mass is 10.1. The van der Waals surface area contributed by atoms with E-state index < -0.39 is 0 Å². The smallest absolute Gasteiger partial charge is 0.239 e. The van der Waals surface area contributed by atoms with Gasteiger partial charge in [-0.15, -0.1) is 11.3 Å². The summed E-state index contributed by atoms with van der Waals surface area (Å²) in [5.74, 6) is 1.41. The number of nitriles is 1. The number of fused-ring (bicyclic) bond motifs is 2. The molecule has 2 aromatic rings. The fourth-order valence-electron chi connectivity index (χ4n) is 4.06.